The zero-order valence-electron chi connectivity index (χ0n) is 10.6. The molecule has 0 N–H and O–H groups in total. The second-order valence-corrected chi connectivity index (χ2v) is 3.05. The smallest absolute Gasteiger partial charge is 0.494 e. The molecule has 0 spiro atoms. The summed E-state index contributed by atoms with van der Waals surface area (Å²) < 4.78 is 0. The van der Waals surface area contributed by atoms with Crippen LogP contribution in [-0.2, 0) is 0 Å². The monoisotopic (exact) mass is 224 g/mol. The summed E-state index contributed by atoms with van der Waals surface area (Å²) in [5, 5.41) is 7.24. The molecule has 80 valence electrons. The molecular weight excluding hydrogens is 214 g/mol. The van der Waals surface area contributed by atoms with Gasteiger partial charge in [-0.1, -0.05) is 60.7 Å². The van der Waals surface area contributed by atoms with Crippen molar-refractivity contribution in [1.82, 2.24) is 0 Å². The van der Waals surface area contributed by atoms with Gasteiger partial charge in [-0.05, 0) is 11.4 Å². The molecule has 0 heterocycles. The third-order valence-electron chi connectivity index (χ3n) is 1.87. The molecule has 0 aliphatic rings. The van der Waals surface area contributed by atoms with Gasteiger partial charge >= 0.3 is 37.7 Å². The first-order chi connectivity index (χ1) is 7.95. The Labute approximate surface area is 131 Å². The van der Waals surface area contributed by atoms with E-state index in [1.54, 1.807) is 0 Å². The molecule has 0 aliphatic carbocycles. The van der Waals surface area contributed by atoms with Crippen molar-refractivity contribution in [2.45, 2.75) is 0 Å². The maximum absolute atomic E-state index is 3.89. The number of benzene rings is 2. The Morgan fingerprint density at radius 2 is 0.889 bits per heavy atom. The van der Waals surface area contributed by atoms with Crippen LogP contribution in [0.2, 0.25) is 0 Å². The van der Waals surface area contributed by atoms with Crippen molar-refractivity contribution in [3.63, 3.8) is 0 Å². The standard InChI is InChI=1S/C12H10N4.2Li/c1-3-7-11(8-4-1)13-15-16-14-12-9-5-2-6-10-12;;/h1-10H;;/q-2;2*+1. The molecule has 0 aromatic heterocycles. The van der Waals surface area contributed by atoms with E-state index in [-0.39, 0.29) is 37.7 Å². The molecule has 0 aliphatic heterocycles. The van der Waals surface area contributed by atoms with E-state index in [0.29, 0.717) is 0 Å². The SMILES string of the molecule is [Li+].[Li+].c1ccc([N-]/N=N/[N-]c2ccccc2)cc1. The average molecular weight is 224 g/mol. The fourth-order valence-corrected chi connectivity index (χ4v) is 1.13. The van der Waals surface area contributed by atoms with Crippen molar-refractivity contribution in [1.29, 1.82) is 0 Å². The second-order valence-electron chi connectivity index (χ2n) is 3.05. The first-order valence-electron chi connectivity index (χ1n) is 4.87. The van der Waals surface area contributed by atoms with E-state index in [2.05, 4.69) is 21.3 Å². The molecule has 0 saturated carbocycles. The van der Waals surface area contributed by atoms with Crippen molar-refractivity contribution in [2.24, 2.45) is 10.4 Å². The summed E-state index contributed by atoms with van der Waals surface area (Å²) in [4.78, 5) is 0. The summed E-state index contributed by atoms with van der Waals surface area (Å²) in [6, 6.07) is 18.8. The van der Waals surface area contributed by atoms with Crippen LogP contribution < -0.4 is 37.7 Å². The Bertz CT molecular complexity index is 405. The topological polar surface area (TPSA) is 52.9 Å². The molecule has 2 rings (SSSR count). The van der Waals surface area contributed by atoms with Gasteiger partial charge in [0.2, 0.25) is 0 Å². The molecule has 4 nitrogen and oxygen atoms in total. The largest absolute Gasteiger partial charge is 1.00 e. The van der Waals surface area contributed by atoms with Crippen LogP contribution in [-0.4, -0.2) is 0 Å². The predicted molar refractivity (Wildman–Crippen MR) is 63.8 cm³/mol. The van der Waals surface area contributed by atoms with Crippen molar-refractivity contribution in [2.75, 3.05) is 0 Å². The van der Waals surface area contributed by atoms with Gasteiger partial charge in [-0.3, -0.25) is 0 Å². The van der Waals surface area contributed by atoms with Crippen LogP contribution in [0.3, 0.4) is 0 Å². The van der Waals surface area contributed by atoms with E-state index < -0.39 is 0 Å². The van der Waals surface area contributed by atoms with E-state index in [4.69, 9.17) is 0 Å². The van der Waals surface area contributed by atoms with Gasteiger partial charge in [0.15, 0.2) is 0 Å². The maximum atomic E-state index is 3.89. The third kappa shape index (κ3) is 5.96. The molecule has 2 aromatic rings. The molecule has 6 heteroatoms. The van der Waals surface area contributed by atoms with Crippen LogP contribution in [0.1, 0.15) is 0 Å². The molecule has 0 unspecified atom stereocenters. The van der Waals surface area contributed by atoms with Crippen LogP contribution in [0, 0.1) is 0 Å². The van der Waals surface area contributed by atoms with Crippen LogP contribution in [0.15, 0.2) is 71.1 Å². The summed E-state index contributed by atoms with van der Waals surface area (Å²) in [7, 11) is 0. The molecule has 2 aromatic carbocycles. The van der Waals surface area contributed by atoms with Crippen molar-refractivity contribution < 1.29 is 37.7 Å². The molecular formula is C12H10Li2N4. The fraction of sp³-hybridized carbons (Fsp3) is 0. The van der Waals surface area contributed by atoms with Gasteiger partial charge in [0.05, 0.1) is 0 Å². The zero-order valence-corrected chi connectivity index (χ0v) is 10.6. The maximum Gasteiger partial charge on any atom is 1.00 e. The van der Waals surface area contributed by atoms with Crippen molar-refractivity contribution >= 4 is 11.4 Å². The molecule has 0 amide bonds. The summed E-state index contributed by atoms with van der Waals surface area (Å²) in [5.74, 6) is 0. The van der Waals surface area contributed by atoms with Gasteiger partial charge in [0.1, 0.15) is 0 Å². The Balaban J connectivity index is 0.00000144. The first-order valence-corrected chi connectivity index (χ1v) is 4.87. The van der Waals surface area contributed by atoms with Gasteiger partial charge in [-0.25, -0.2) is 0 Å². The summed E-state index contributed by atoms with van der Waals surface area (Å²) in [5.41, 5.74) is 9.29. The van der Waals surface area contributed by atoms with E-state index >= 15 is 0 Å². The summed E-state index contributed by atoms with van der Waals surface area (Å²) >= 11 is 0. The van der Waals surface area contributed by atoms with Crippen LogP contribution in [0.4, 0.5) is 11.4 Å². The molecule has 0 fully saturated rings. The molecule has 0 radical (unpaired) electrons. The number of hydrogen-bond acceptors (Lipinski definition) is 2. The number of hydrogen-bond donors (Lipinski definition) is 0. The number of nitrogens with zero attached hydrogens (tertiary/aromatic N) is 4. The van der Waals surface area contributed by atoms with Crippen LogP contribution in [0.25, 0.3) is 10.9 Å². The third-order valence-corrected chi connectivity index (χ3v) is 1.87. The normalized spacial score (nSPS) is 9.11. The van der Waals surface area contributed by atoms with Gasteiger partial charge in [0.25, 0.3) is 0 Å². The summed E-state index contributed by atoms with van der Waals surface area (Å²) in [6.07, 6.45) is 0. The minimum absolute atomic E-state index is 0. The van der Waals surface area contributed by atoms with Gasteiger partial charge < -0.3 is 21.3 Å². The minimum atomic E-state index is 0. The average Bonchev–Trinajstić information content (AvgIpc) is 2.37. The van der Waals surface area contributed by atoms with Gasteiger partial charge in [-0.15, -0.1) is 0 Å². The summed E-state index contributed by atoms with van der Waals surface area (Å²) in [6.45, 7) is 0. The molecule has 0 saturated heterocycles. The Hall–Kier alpha value is -1.17. The first kappa shape index (κ1) is 16.8. The second kappa shape index (κ2) is 9.82. The minimum Gasteiger partial charge on any atom is -0.494 e. The zero-order chi connectivity index (χ0) is 11.1. The van der Waals surface area contributed by atoms with Gasteiger partial charge in [-0.2, -0.15) is 0 Å². The fourth-order valence-electron chi connectivity index (χ4n) is 1.13. The number of rotatable bonds is 4. The van der Waals surface area contributed by atoms with Crippen molar-refractivity contribution in [3.05, 3.63) is 71.5 Å². The van der Waals surface area contributed by atoms with E-state index in [0.717, 1.165) is 11.4 Å². The van der Waals surface area contributed by atoms with E-state index in [1.807, 2.05) is 60.7 Å². The van der Waals surface area contributed by atoms with Crippen LogP contribution >= 0.6 is 0 Å². The quantitative estimate of drug-likeness (QED) is 0.352. The van der Waals surface area contributed by atoms with E-state index in [9.17, 15) is 0 Å². The van der Waals surface area contributed by atoms with Crippen molar-refractivity contribution in [3.8, 4) is 0 Å². The predicted octanol–water partition coefficient (Wildman–Crippen LogP) is -1.31. The van der Waals surface area contributed by atoms with Gasteiger partial charge in [0, 0.05) is 0 Å². The Morgan fingerprint density at radius 3 is 1.22 bits per heavy atom. The van der Waals surface area contributed by atoms with Crippen LogP contribution in [0.5, 0.6) is 0 Å². The Morgan fingerprint density at radius 1 is 0.556 bits per heavy atom. The molecule has 0 atom stereocenters. The molecule has 0 bridgehead atoms. The Kier molecular flexibility index (Phi) is 9.19. The molecule has 18 heavy (non-hydrogen) atoms. The van der Waals surface area contributed by atoms with E-state index in [1.165, 1.54) is 0 Å².